The Hall–Kier alpha value is -2.87. The number of methoxy groups -OCH3 is 1. The van der Waals surface area contributed by atoms with E-state index in [0.717, 1.165) is 30.8 Å². The van der Waals surface area contributed by atoms with Gasteiger partial charge in [0.2, 0.25) is 11.1 Å². The molecule has 0 radical (unpaired) electrons. The van der Waals surface area contributed by atoms with Crippen molar-refractivity contribution in [3.05, 3.63) is 54.1 Å². The summed E-state index contributed by atoms with van der Waals surface area (Å²) in [6.45, 7) is 2.63. The average molecular weight is 395 g/mol. The second kappa shape index (κ2) is 8.02. The summed E-state index contributed by atoms with van der Waals surface area (Å²) in [4.78, 5) is 15.0. The highest BCUT2D eigenvalue weighted by molar-refractivity contribution is 8.00. The molecule has 3 aromatic rings. The van der Waals surface area contributed by atoms with E-state index >= 15 is 0 Å². The summed E-state index contributed by atoms with van der Waals surface area (Å²) in [6, 6.07) is 15.6. The van der Waals surface area contributed by atoms with Crippen LogP contribution in [-0.4, -0.2) is 45.0 Å². The number of nitrogens with zero attached hydrogens (tertiary/aromatic N) is 5. The molecule has 1 aliphatic rings. The Balaban J connectivity index is 1.57. The Morgan fingerprint density at radius 3 is 2.71 bits per heavy atom. The molecule has 1 aliphatic heterocycles. The van der Waals surface area contributed by atoms with Gasteiger partial charge >= 0.3 is 0 Å². The molecular weight excluding hydrogens is 374 g/mol. The van der Waals surface area contributed by atoms with Crippen molar-refractivity contribution in [2.75, 3.05) is 18.6 Å². The van der Waals surface area contributed by atoms with Gasteiger partial charge in [-0.1, -0.05) is 42.1 Å². The number of aromatic nitrogens is 4. The lowest BCUT2D eigenvalue weighted by atomic mass is 10.0. The molecule has 4 rings (SSSR count). The van der Waals surface area contributed by atoms with Crippen LogP contribution in [0.1, 0.15) is 18.9 Å². The maximum atomic E-state index is 13.2. The Labute approximate surface area is 167 Å². The fraction of sp³-hybridized carbons (Fsp3) is 0.300. The third-order valence-electron chi connectivity index (χ3n) is 4.76. The molecular formula is C20H21N5O2S. The summed E-state index contributed by atoms with van der Waals surface area (Å²) in [5.74, 6) is 0.729. The van der Waals surface area contributed by atoms with Crippen LogP contribution in [0.2, 0.25) is 0 Å². The summed E-state index contributed by atoms with van der Waals surface area (Å²) in [5, 5.41) is 12.2. The smallest absolute Gasteiger partial charge is 0.240 e. The molecule has 0 bridgehead atoms. The van der Waals surface area contributed by atoms with Gasteiger partial charge in [0.15, 0.2) is 0 Å². The van der Waals surface area contributed by atoms with Crippen LogP contribution in [0.5, 0.6) is 5.75 Å². The lowest BCUT2D eigenvalue weighted by Crippen LogP contribution is -2.40. The number of hydrogen-bond acceptors (Lipinski definition) is 6. The van der Waals surface area contributed by atoms with Gasteiger partial charge < -0.3 is 9.64 Å². The fourth-order valence-electron chi connectivity index (χ4n) is 3.40. The van der Waals surface area contributed by atoms with Crippen molar-refractivity contribution in [2.24, 2.45) is 0 Å². The van der Waals surface area contributed by atoms with E-state index in [1.54, 1.807) is 11.8 Å². The first kappa shape index (κ1) is 18.5. The van der Waals surface area contributed by atoms with Crippen molar-refractivity contribution in [1.29, 1.82) is 0 Å². The summed E-state index contributed by atoms with van der Waals surface area (Å²) >= 11 is 1.35. The van der Waals surface area contributed by atoms with E-state index in [1.165, 1.54) is 17.3 Å². The van der Waals surface area contributed by atoms with E-state index < -0.39 is 0 Å². The molecule has 1 atom stereocenters. The molecule has 0 unspecified atom stereocenters. The van der Waals surface area contributed by atoms with Crippen LogP contribution in [0.25, 0.3) is 5.69 Å². The van der Waals surface area contributed by atoms with E-state index in [1.807, 2.05) is 54.3 Å². The first-order valence-corrected chi connectivity index (χ1v) is 10.0. The molecule has 0 saturated heterocycles. The SMILES string of the molecule is COc1ccccc1-n1nnnc1S[C@H](C)C(=O)N1CCCc2ccccc21. The second-order valence-electron chi connectivity index (χ2n) is 6.53. The van der Waals surface area contributed by atoms with E-state index in [-0.39, 0.29) is 11.2 Å². The Kier molecular flexibility index (Phi) is 5.29. The lowest BCUT2D eigenvalue weighted by Gasteiger charge is -2.31. The summed E-state index contributed by atoms with van der Waals surface area (Å²) in [7, 11) is 1.61. The van der Waals surface area contributed by atoms with Crippen molar-refractivity contribution in [2.45, 2.75) is 30.2 Å². The molecule has 2 heterocycles. The number of ether oxygens (including phenoxy) is 1. The van der Waals surface area contributed by atoms with Crippen LogP contribution in [0.3, 0.4) is 0 Å². The van der Waals surface area contributed by atoms with Gasteiger partial charge in [-0.15, -0.1) is 5.10 Å². The maximum Gasteiger partial charge on any atom is 0.240 e. The zero-order valence-electron chi connectivity index (χ0n) is 15.8. The highest BCUT2D eigenvalue weighted by atomic mass is 32.2. The summed E-state index contributed by atoms with van der Waals surface area (Å²) in [5.41, 5.74) is 2.97. The lowest BCUT2D eigenvalue weighted by molar-refractivity contribution is -0.117. The summed E-state index contributed by atoms with van der Waals surface area (Å²) < 4.78 is 7.02. The van der Waals surface area contributed by atoms with E-state index in [4.69, 9.17) is 4.74 Å². The molecule has 0 saturated carbocycles. The van der Waals surface area contributed by atoms with Gasteiger partial charge in [0.05, 0.1) is 12.4 Å². The van der Waals surface area contributed by atoms with Crippen molar-refractivity contribution >= 4 is 23.4 Å². The molecule has 0 aliphatic carbocycles. The highest BCUT2D eigenvalue weighted by Crippen LogP contribution is 2.32. The number of thioether (sulfide) groups is 1. The minimum atomic E-state index is -0.328. The second-order valence-corrected chi connectivity index (χ2v) is 7.84. The van der Waals surface area contributed by atoms with Crippen LogP contribution < -0.4 is 9.64 Å². The van der Waals surface area contributed by atoms with Gasteiger partial charge in [0.1, 0.15) is 11.4 Å². The Morgan fingerprint density at radius 1 is 1.14 bits per heavy atom. The third-order valence-corrected chi connectivity index (χ3v) is 5.78. The van der Waals surface area contributed by atoms with Gasteiger partial charge in [0.25, 0.3) is 0 Å². The molecule has 144 valence electrons. The Bertz CT molecular complexity index is 990. The number of fused-ring (bicyclic) bond motifs is 1. The van der Waals surface area contributed by atoms with Crippen LogP contribution >= 0.6 is 11.8 Å². The first-order chi connectivity index (χ1) is 13.7. The topological polar surface area (TPSA) is 73.1 Å². The third kappa shape index (κ3) is 3.47. The number of hydrogen-bond donors (Lipinski definition) is 0. The highest BCUT2D eigenvalue weighted by Gasteiger charge is 2.28. The van der Waals surface area contributed by atoms with Crippen molar-refractivity contribution in [3.8, 4) is 11.4 Å². The number of benzene rings is 2. The number of amides is 1. The van der Waals surface area contributed by atoms with E-state index in [2.05, 4.69) is 21.6 Å². The molecule has 1 aromatic heterocycles. The number of para-hydroxylation sites is 3. The molecule has 0 spiro atoms. The average Bonchev–Trinajstić information content (AvgIpc) is 3.20. The molecule has 28 heavy (non-hydrogen) atoms. The Morgan fingerprint density at radius 2 is 1.89 bits per heavy atom. The number of carbonyl (C=O) groups is 1. The number of carbonyl (C=O) groups excluding carboxylic acids is 1. The van der Waals surface area contributed by atoms with E-state index in [9.17, 15) is 4.79 Å². The number of rotatable bonds is 5. The van der Waals surface area contributed by atoms with Crippen LogP contribution in [0, 0.1) is 0 Å². The molecule has 1 amide bonds. The molecule has 2 aromatic carbocycles. The molecule has 7 nitrogen and oxygen atoms in total. The predicted octanol–water partition coefficient (Wildman–Crippen LogP) is 3.13. The molecule has 0 fully saturated rings. The van der Waals surface area contributed by atoms with Gasteiger partial charge in [-0.25, -0.2) is 0 Å². The predicted molar refractivity (Wildman–Crippen MR) is 108 cm³/mol. The maximum absolute atomic E-state index is 13.2. The van der Waals surface area contributed by atoms with Crippen LogP contribution in [0.15, 0.2) is 53.7 Å². The van der Waals surface area contributed by atoms with Crippen molar-refractivity contribution in [1.82, 2.24) is 20.2 Å². The number of anilines is 1. The minimum absolute atomic E-state index is 0.0618. The normalized spacial score (nSPS) is 14.4. The standard InChI is InChI=1S/C20H21N5O2S/c1-14(19(26)24-13-7-9-15-8-3-4-10-16(15)24)28-20-21-22-23-25(20)17-11-5-6-12-18(17)27-2/h3-6,8,10-12,14H,7,9,13H2,1-2H3/t14-/m1/s1. The largest absolute Gasteiger partial charge is 0.494 e. The minimum Gasteiger partial charge on any atom is -0.494 e. The van der Waals surface area contributed by atoms with Crippen molar-refractivity contribution in [3.63, 3.8) is 0 Å². The van der Waals surface area contributed by atoms with Crippen LogP contribution in [0.4, 0.5) is 5.69 Å². The number of tetrazole rings is 1. The summed E-state index contributed by atoms with van der Waals surface area (Å²) in [6.07, 6.45) is 1.98. The quantitative estimate of drug-likeness (QED) is 0.618. The van der Waals surface area contributed by atoms with Crippen LogP contribution in [-0.2, 0) is 11.2 Å². The van der Waals surface area contributed by atoms with Gasteiger partial charge in [0, 0.05) is 12.2 Å². The van der Waals surface area contributed by atoms with Crippen molar-refractivity contribution < 1.29 is 9.53 Å². The van der Waals surface area contributed by atoms with Gasteiger partial charge in [-0.3, -0.25) is 4.79 Å². The fourth-order valence-corrected chi connectivity index (χ4v) is 4.26. The van der Waals surface area contributed by atoms with Gasteiger partial charge in [-0.2, -0.15) is 4.68 Å². The zero-order chi connectivity index (χ0) is 19.5. The molecule has 0 N–H and O–H groups in total. The first-order valence-electron chi connectivity index (χ1n) is 9.16. The van der Waals surface area contributed by atoms with E-state index in [0.29, 0.717) is 10.9 Å². The van der Waals surface area contributed by atoms with Gasteiger partial charge in [-0.05, 0) is 54.0 Å². The molecule has 8 heteroatoms. The zero-order valence-corrected chi connectivity index (χ0v) is 16.6. The number of aryl methyl sites for hydroxylation is 1. The monoisotopic (exact) mass is 395 g/mol.